The third kappa shape index (κ3) is 2.64. The number of Topliss-reactive ketones (excluding diaryl/α,β-unsaturated/α-hetero) is 1. The summed E-state index contributed by atoms with van der Waals surface area (Å²) >= 11 is 0. The van der Waals surface area contributed by atoms with Crippen molar-refractivity contribution in [1.82, 2.24) is 4.90 Å². The zero-order valence-electron chi connectivity index (χ0n) is 10.2. The Morgan fingerprint density at radius 3 is 2.62 bits per heavy atom. The number of nitrogens with zero attached hydrogens (tertiary/aromatic N) is 1. The first-order valence-electron chi connectivity index (χ1n) is 6.61. The molecule has 3 unspecified atom stereocenters. The molecule has 1 saturated heterocycles. The normalized spacial score (nSPS) is 37.2. The third-order valence-corrected chi connectivity index (χ3v) is 4.19. The monoisotopic (exact) mass is 225 g/mol. The van der Waals surface area contributed by atoms with Crippen LogP contribution in [0.4, 0.5) is 0 Å². The molecule has 3 atom stereocenters. The quantitative estimate of drug-likeness (QED) is 0.776. The van der Waals surface area contributed by atoms with Crippen molar-refractivity contribution in [2.75, 3.05) is 13.1 Å². The molecule has 16 heavy (non-hydrogen) atoms. The number of carbonyl (C=O) groups excluding carboxylic acids is 1. The van der Waals surface area contributed by atoms with Crippen LogP contribution in [0.5, 0.6) is 0 Å². The second-order valence-electron chi connectivity index (χ2n) is 5.36. The molecule has 0 spiro atoms. The molecule has 2 aliphatic rings. The summed E-state index contributed by atoms with van der Waals surface area (Å²) < 4.78 is 0. The maximum Gasteiger partial charge on any atom is 0.134 e. The van der Waals surface area contributed by atoms with Crippen molar-refractivity contribution in [3.8, 4) is 0 Å². The Morgan fingerprint density at radius 2 is 1.94 bits per heavy atom. The van der Waals surface area contributed by atoms with Crippen LogP contribution in [0.15, 0.2) is 0 Å². The van der Waals surface area contributed by atoms with Gasteiger partial charge in [-0.25, -0.2) is 0 Å². The fourth-order valence-electron chi connectivity index (χ4n) is 3.16. The van der Waals surface area contributed by atoms with Crippen molar-refractivity contribution in [1.29, 1.82) is 0 Å². The third-order valence-electron chi connectivity index (χ3n) is 4.19. The van der Waals surface area contributed by atoms with E-state index >= 15 is 0 Å². The van der Waals surface area contributed by atoms with Gasteiger partial charge in [-0.15, -0.1) is 0 Å². The van der Waals surface area contributed by atoms with Gasteiger partial charge in [0.05, 0.1) is 6.10 Å². The van der Waals surface area contributed by atoms with Crippen LogP contribution in [0.3, 0.4) is 0 Å². The molecule has 1 aliphatic carbocycles. The molecule has 2 rings (SSSR count). The number of aliphatic hydroxyl groups is 1. The highest BCUT2D eigenvalue weighted by molar-refractivity contribution is 5.78. The lowest BCUT2D eigenvalue weighted by molar-refractivity contribution is -0.123. The number of likely N-dealkylation sites (tertiary alicyclic amines) is 1. The average Bonchev–Trinajstić information content (AvgIpc) is 2.30. The van der Waals surface area contributed by atoms with E-state index in [4.69, 9.17) is 0 Å². The zero-order chi connectivity index (χ0) is 11.5. The van der Waals surface area contributed by atoms with Crippen molar-refractivity contribution < 1.29 is 9.90 Å². The molecule has 1 heterocycles. The number of rotatable bonds is 2. The van der Waals surface area contributed by atoms with Crippen LogP contribution in [-0.2, 0) is 4.79 Å². The fraction of sp³-hybridized carbons (Fsp3) is 0.923. The van der Waals surface area contributed by atoms with E-state index in [-0.39, 0.29) is 12.0 Å². The van der Waals surface area contributed by atoms with Gasteiger partial charge < -0.3 is 5.11 Å². The van der Waals surface area contributed by atoms with Crippen LogP contribution in [0, 0.1) is 5.92 Å². The molecule has 0 radical (unpaired) electrons. The van der Waals surface area contributed by atoms with Crippen LogP contribution >= 0.6 is 0 Å². The Balaban J connectivity index is 1.95. The lowest BCUT2D eigenvalue weighted by Crippen LogP contribution is -2.50. The Morgan fingerprint density at radius 1 is 1.19 bits per heavy atom. The number of hydrogen-bond donors (Lipinski definition) is 1. The summed E-state index contributed by atoms with van der Waals surface area (Å²) in [4.78, 5) is 13.8. The number of aliphatic hydroxyl groups excluding tert-OH is 1. The minimum absolute atomic E-state index is 0.167. The van der Waals surface area contributed by atoms with Gasteiger partial charge in [0.2, 0.25) is 0 Å². The summed E-state index contributed by atoms with van der Waals surface area (Å²) in [7, 11) is 0. The van der Waals surface area contributed by atoms with Crippen molar-refractivity contribution >= 4 is 5.78 Å². The fourth-order valence-corrected chi connectivity index (χ4v) is 3.16. The minimum atomic E-state index is -0.167. The molecule has 1 N–H and O–H groups in total. The molecule has 92 valence electrons. The summed E-state index contributed by atoms with van der Waals surface area (Å²) in [5.74, 6) is 0.526. The SMILES string of the molecule is CC(=O)C1CCCN(C2CCCCC2O)C1. The first kappa shape index (κ1) is 12.1. The summed E-state index contributed by atoms with van der Waals surface area (Å²) in [5, 5.41) is 10.0. The van der Waals surface area contributed by atoms with Crippen molar-refractivity contribution in [2.45, 2.75) is 57.6 Å². The van der Waals surface area contributed by atoms with Gasteiger partial charge in [0.15, 0.2) is 0 Å². The molecule has 0 bridgehead atoms. The Hall–Kier alpha value is -0.410. The van der Waals surface area contributed by atoms with E-state index in [9.17, 15) is 9.90 Å². The maximum absolute atomic E-state index is 11.4. The molecule has 0 aromatic rings. The molecule has 1 saturated carbocycles. The largest absolute Gasteiger partial charge is 0.391 e. The minimum Gasteiger partial charge on any atom is -0.391 e. The molecular weight excluding hydrogens is 202 g/mol. The van der Waals surface area contributed by atoms with Crippen molar-refractivity contribution in [2.24, 2.45) is 5.92 Å². The average molecular weight is 225 g/mol. The number of piperidine rings is 1. The molecule has 0 aromatic heterocycles. The molecule has 1 aliphatic heterocycles. The molecule has 3 heteroatoms. The zero-order valence-corrected chi connectivity index (χ0v) is 10.2. The van der Waals surface area contributed by atoms with Gasteiger partial charge in [0.25, 0.3) is 0 Å². The van der Waals surface area contributed by atoms with Gasteiger partial charge in [-0.05, 0) is 39.2 Å². The van der Waals surface area contributed by atoms with Gasteiger partial charge >= 0.3 is 0 Å². The first-order valence-corrected chi connectivity index (χ1v) is 6.61. The van der Waals surface area contributed by atoms with E-state index in [2.05, 4.69) is 4.90 Å². The van der Waals surface area contributed by atoms with Gasteiger partial charge in [-0.1, -0.05) is 12.8 Å². The van der Waals surface area contributed by atoms with E-state index in [1.165, 1.54) is 6.42 Å². The second-order valence-corrected chi connectivity index (χ2v) is 5.36. The highest BCUT2D eigenvalue weighted by Crippen LogP contribution is 2.27. The molecule has 2 fully saturated rings. The number of hydrogen-bond acceptors (Lipinski definition) is 3. The van der Waals surface area contributed by atoms with Gasteiger partial charge in [-0.3, -0.25) is 9.69 Å². The second kappa shape index (κ2) is 5.28. The topological polar surface area (TPSA) is 40.5 Å². The Labute approximate surface area is 97.8 Å². The van der Waals surface area contributed by atoms with Crippen molar-refractivity contribution in [3.05, 3.63) is 0 Å². The van der Waals surface area contributed by atoms with Crippen LogP contribution in [0.2, 0.25) is 0 Å². The van der Waals surface area contributed by atoms with Gasteiger partial charge in [0, 0.05) is 18.5 Å². The van der Waals surface area contributed by atoms with Crippen LogP contribution < -0.4 is 0 Å². The summed E-state index contributed by atoms with van der Waals surface area (Å²) in [6, 6.07) is 0.316. The maximum atomic E-state index is 11.4. The van der Waals surface area contributed by atoms with Gasteiger partial charge in [-0.2, -0.15) is 0 Å². The smallest absolute Gasteiger partial charge is 0.134 e. The summed E-state index contributed by atoms with van der Waals surface area (Å²) in [6.45, 7) is 3.63. The van der Waals surface area contributed by atoms with E-state index in [1.54, 1.807) is 6.92 Å². The number of carbonyl (C=O) groups is 1. The van der Waals surface area contributed by atoms with Gasteiger partial charge in [0.1, 0.15) is 5.78 Å². The summed E-state index contributed by atoms with van der Waals surface area (Å²) in [5.41, 5.74) is 0. The van der Waals surface area contributed by atoms with E-state index in [1.807, 2.05) is 0 Å². The lowest BCUT2D eigenvalue weighted by Gasteiger charge is -2.41. The van der Waals surface area contributed by atoms with Crippen molar-refractivity contribution in [3.63, 3.8) is 0 Å². The molecule has 0 aromatic carbocycles. The van der Waals surface area contributed by atoms with Crippen LogP contribution in [0.1, 0.15) is 45.4 Å². The Bertz CT molecular complexity index is 254. The van der Waals surface area contributed by atoms with E-state index in [0.717, 1.165) is 45.2 Å². The van der Waals surface area contributed by atoms with E-state index < -0.39 is 0 Å². The predicted molar refractivity (Wildman–Crippen MR) is 63.2 cm³/mol. The Kier molecular flexibility index (Phi) is 3.98. The number of ketones is 1. The molecule has 0 amide bonds. The molecular formula is C13H23NO2. The highest BCUT2D eigenvalue weighted by atomic mass is 16.3. The first-order chi connectivity index (χ1) is 7.68. The summed E-state index contributed by atoms with van der Waals surface area (Å²) in [6.07, 6.45) is 6.39. The molecule has 3 nitrogen and oxygen atoms in total. The van der Waals surface area contributed by atoms with Crippen LogP contribution in [0.25, 0.3) is 0 Å². The standard InChI is InChI=1S/C13H23NO2/c1-10(15)11-5-4-8-14(9-11)12-6-2-3-7-13(12)16/h11-13,16H,2-9H2,1H3. The van der Waals surface area contributed by atoms with E-state index in [0.29, 0.717) is 11.8 Å². The van der Waals surface area contributed by atoms with Crippen LogP contribution in [-0.4, -0.2) is 41.0 Å². The lowest BCUT2D eigenvalue weighted by atomic mass is 9.87. The predicted octanol–water partition coefficient (Wildman–Crippen LogP) is 1.59. The highest BCUT2D eigenvalue weighted by Gasteiger charge is 2.32.